The van der Waals surface area contributed by atoms with E-state index in [1.165, 1.54) is 12.1 Å². The summed E-state index contributed by atoms with van der Waals surface area (Å²) in [6.07, 6.45) is 2.00. The number of alkyl halides is 1. The van der Waals surface area contributed by atoms with Crippen LogP contribution < -0.4 is 0 Å². The van der Waals surface area contributed by atoms with Crippen molar-refractivity contribution in [2.24, 2.45) is 5.92 Å². The van der Waals surface area contributed by atoms with Gasteiger partial charge in [0.2, 0.25) is 0 Å². The third kappa shape index (κ3) is 3.10. The number of aryl methyl sites for hydroxylation is 1. The van der Waals surface area contributed by atoms with Gasteiger partial charge in [-0.1, -0.05) is 0 Å². The number of carbonyl (C=O) groups is 1. The summed E-state index contributed by atoms with van der Waals surface area (Å²) >= 11 is 5.87. The van der Waals surface area contributed by atoms with Gasteiger partial charge in [0.1, 0.15) is 0 Å². The summed E-state index contributed by atoms with van der Waals surface area (Å²) in [5.41, 5.74) is 1.18. The van der Waals surface area contributed by atoms with E-state index in [9.17, 15) is 14.9 Å². The summed E-state index contributed by atoms with van der Waals surface area (Å²) in [5.74, 6) is 0.836. The molecule has 1 aliphatic heterocycles. The number of amides is 1. The molecule has 1 saturated heterocycles. The van der Waals surface area contributed by atoms with E-state index in [1.54, 1.807) is 17.9 Å². The number of nitro groups is 1. The number of halogens is 1. The normalized spacial score (nSPS) is 18.9. The van der Waals surface area contributed by atoms with Crippen molar-refractivity contribution >= 4 is 23.2 Å². The van der Waals surface area contributed by atoms with E-state index in [1.807, 2.05) is 0 Å². The van der Waals surface area contributed by atoms with Gasteiger partial charge in [-0.3, -0.25) is 14.9 Å². The number of carbonyl (C=O) groups excluding carboxylic acids is 1. The molecule has 6 heteroatoms. The number of benzene rings is 1. The average Bonchev–Trinajstić information content (AvgIpc) is 2.46. The van der Waals surface area contributed by atoms with Gasteiger partial charge < -0.3 is 4.90 Å². The second kappa shape index (κ2) is 6.22. The van der Waals surface area contributed by atoms with Crippen LogP contribution >= 0.6 is 11.6 Å². The van der Waals surface area contributed by atoms with Gasteiger partial charge in [-0.05, 0) is 37.3 Å². The summed E-state index contributed by atoms with van der Waals surface area (Å²) in [5, 5.41) is 10.7. The molecule has 5 nitrogen and oxygen atoms in total. The lowest BCUT2D eigenvalue weighted by Gasteiger charge is -2.32. The van der Waals surface area contributed by atoms with E-state index in [4.69, 9.17) is 11.6 Å². The molecule has 0 spiro atoms. The van der Waals surface area contributed by atoms with Crippen LogP contribution in [-0.2, 0) is 0 Å². The molecule has 0 N–H and O–H groups in total. The number of rotatable bonds is 3. The van der Waals surface area contributed by atoms with Crippen LogP contribution in [0.2, 0.25) is 0 Å². The van der Waals surface area contributed by atoms with Crippen molar-refractivity contribution < 1.29 is 9.72 Å². The maximum atomic E-state index is 12.5. The van der Waals surface area contributed by atoms with Gasteiger partial charge in [0.15, 0.2) is 0 Å². The minimum Gasteiger partial charge on any atom is -0.338 e. The zero-order valence-corrected chi connectivity index (χ0v) is 12.1. The maximum Gasteiger partial charge on any atom is 0.269 e. The van der Waals surface area contributed by atoms with Crippen LogP contribution in [0.25, 0.3) is 0 Å². The first-order chi connectivity index (χ1) is 9.52. The van der Waals surface area contributed by atoms with Gasteiger partial charge in [-0.25, -0.2) is 0 Å². The monoisotopic (exact) mass is 296 g/mol. The Morgan fingerprint density at radius 2 is 2.30 bits per heavy atom. The zero-order chi connectivity index (χ0) is 14.7. The summed E-state index contributed by atoms with van der Waals surface area (Å²) in [6.45, 7) is 3.12. The molecule has 1 aliphatic rings. The van der Waals surface area contributed by atoms with E-state index in [0.29, 0.717) is 29.5 Å². The summed E-state index contributed by atoms with van der Waals surface area (Å²) in [4.78, 5) is 24.5. The lowest BCUT2D eigenvalue weighted by molar-refractivity contribution is -0.384. The molecule has 0 bridgehead atoms. The van der Waals surface area contributed by atoms with E-state index in [2.05, 4.69) is 0 Å². The van der Waals surface area contributed by atoms with Crippen molar-refractivity contribution in [1.82, 2.24) is 4.90 Å². The van der Waals surface area contributed by atoms with Crippen LogP contribution in [0.4, 0.5) is 5.69 Å². The Bertz CT molecular complexity index is 533. The highest BCUT2D eigenvalue weighted by Gasteiger charge is 2.25. The van der Waals surface area contributed by atoms with E-state index >= 15 is 0 Å². The summed E-state index contributed by atoms with van der Waals surface area (Å²) in [6, 6.07) is 4.36. The minimum atomic E-state index is -0.453. The second-order valence-electron chi connectivity index (χ2n) is 5.17. The standard InChI is InChI=1S/C14H17ClN2O3/c1-10-7-12(17(19)20)4-5-13(10)14(18)16-6-2-3-11(8-15)9-16/h4-5,7,11H,2-3,6,8-9H2,1H3. The van der Waals surface area contributed by atoms with Crippen molar-refractivity contribution in [2.45, 2.75) is 19.8 Å². The molecular weight excluding hydrogens is 280 g/mol. The maximum absolute atomic E-state index is 12.5. The van der Waals surface area contributed by atoms with E-state index < -0.39 is 4.92 Å². The molecule has 1 aromatic rings. The van der Waals surface area contributed by atoms with Gasteiger partial charge in [0.05, 0.1) is 4.92 Å². The SMILES string of the molecule is Cc1cc([N+](=O)[O-])ccc1C(=O)N1CCCC(CCl)C1. The van der Waals surface area contributed by atoms with Crippen LogP contribution in [0.1, 0.15) is 28.8 Å². The molecule has 0 aliphatic carbocycles. The fourth-order valence-corrected chi connectivity index (χ4v) is 2.80. The highest BCUT2D eigenvalue weighted by atomic mass is 35.5. The van der Waals surface area contributed by atoms with Crippen LogP contribution in [0, 0.1) is 23.0 Å². The first-order valence-corrected chi connectivity index (χ1v) is 7.16. The molecule has 1 amide bonds. The molecular formula is C14H17ClN2O3. The summed E-state index contributed by atoms with van der Waals surface area (Å²) < 4.78 is 0. The fourth-order valence-electron chi connectivity index (χ4n) is 2.55. The molecule has 20 heavy (non-hydrogen) atoms. The molecule has 1 unspecified atom stereocenters. The fraction of sp³-hybridized carbons (Fsp3) is 0.500. The van der Waals surface area contributed by atoms with E-state index in [0.717, 1.165) is 19.4 Å². The van der Waals surface area contributed by atoms with Gasteiger partial charge in [-0.2, -0.15) is 0 Å². The van der Waals surface area contributed by atoms with Gasteiger partial charge in [0.25, 0.3) is 11.6 Å². The molecule has 1 heterocycles. The summed E-state index contributed by atoms with van der Waals surface area (Å²) in [7, 11) is 0. The second-order valence-corrected chi connectivity index (χ2v) is 5.48. The molecule has 108 valence electrons. The lowest BCUT2D eigenvalue weighted by atomic mass is 9.98. The third-order valence-electron chi connectivity index (χ3n) is 3.68. The van der Waals surface area contributed by atoms with Crippen molar-refractivity contribution in [3.63, 3.8) is 0 Å². The van der Waals surface area contributed by atoms with E-state index in [-0.39, 0.29) is 11.6 Å². The van der Waals surface area contributed by atoms with Crippen molar-refractivity contribution in [3.05, 3.63) is 39.4 Å². The Balaban J connectivity index is 2.18. The Morgan fingerprint density at radius 3 is 2.90 bits per heavy atom. The number of piperidine rings is 1. The Morgan fingerprint density at radius 1 is 1.55 bits per heavy atom. The minimum absolute atomic E-state index is 0.0105. The van der Waals surface area contributed by atoms with Gasteiger partial charge in [-0.15, -0.1) is 11.6 Å². The number of non-ortho nitro benzene ring substituents is 1. The predicted octanol–water partition coefficient (Wildman–Crippen LogP) is 2.99. The smallest absolute Gasteiger partial charge is 0.269 e. The number of likely N-dealkylation sites (tertiary alicyclic amines) is 1. The number of hydrogen-bond donors (Lipinski definition) is 0. The number of hydrogen-bond acceptors (Lipinski definition) is 3. The molecule has 1 atom stereocenters. The molecule has 1 aromatic carbocycles. The van der Waals surface area contributed by atoms with Crippen LogP contribution in [-0.4, -0.2) is 34.7 Å². The molecule has 0 aromatic heterocycles. The highest BCUT2D eigenvalue weighted by Crippen LogP contribution is 2.22. The van der Waals surface area contributed by atoms with Gasteiger partial charge >= 0.3 is 0 Å². The third-order valence-corrected chi connectivity index (χ3v) is 4.11. The van der Waals surface area contributed by atoms with Crippen molar-refractivity contribution in [1.29, 1.82) is 0 Å². The Kier molecular flexibility index (Phi) is 4.60. The Labute approximate surface area is 122 Å². The zero-order valence-electron chi connectivity index (χ0n) is 11.3. The highest BCUT2D eigenvalue weighted by molar-refractivity contribution is 6.18. The van der Waals surface area contributed by atoms with Crippen molar-refractivity contribution in [3.8, 4) is 0 Å². The first-order valence-electron chi connectivity index (χ1n) is 6.63. The first kappa shape index (κ1) is 14.8. The van der Waals surface area contributed by atoms with Crippen molar-refractivity contribution in [2.75, 3.05) is 19.0 Å². The Hall–Kier alpha value is -1.62. The quantitative estimate of drug-likeness (QED) is 0.489. The van der Waals surface area contributed by atoms with Gasteiger partial charge in [0, 0.05) is 36.7 Å². The largest absolute Gasteiger partial charge is 0.338 e. The topological polar surface area (TPSA) is 63.5 Å². The van der Waals surface area contributed by atoms with Crippen LogP contribution in [0.3, 0.4) is 0 Å². The molecule has 1 fully saturated rings. The average molecular weight is 297 g/mol. The van der Waals surface area contributed by atoms with Crippen LogP contribution in [0.5, 0.6) is 0 Å². The van der Waals surface area contributed by atoms with Crippen LogP contribution in [0.15, 0.2) is 18.2 Å². The molecule has 2 rings (SSSR count). The predicted molar refractivity (Wildman–Crippen MR) is 77.2 cm³/mol. The molecule has 0 saturated carbocycles. The number of nitro benzene ring substituents is 1. The molecule has 0 radical (unpaired) electrons. The lowest BCUT2D eigenvalue weighted by Crippen LogP contribution is -2.40. The number of nitrogens with zero attached hydrogens (tertiary/aromatic N) is 2.